The van der Waals surface area contributed by atoms with E-state index in [4.69, 9.17) is 17.3 Å². The number of primary amides is 1. The van der Waals surface area contributed by atoms with Crippen LogP contribution < -0.4 is 11.1 Å². The summed E-state index contributed by atoms with van der Waals surface area (Å²) < 4.78 is 38.0. The van der Waals surface area contributed by atoms with Crippen LogP contribution in [-0.4, -0.2) is 16.8 Å². The van der Waals surface area contributed by atoms with Crippen LogP contribution in [0.2, 0.25) is 5.02 Å². The molecule has 0 aliphatic heterocycles. The minimum atomic E-state index is -4.66. The molecule has 0 saturated carbocycles. The molecule has 1 unspecified atom stereocenters. The topological polar surface area (TPSA) is 109 Å². The SMILES string of the molecule is N#CC(C(=O)c1cccc(NC(N)=O)c1)c1ncc(C(F)(F)F)cc1Cl. The van der Waals surface area contributed by atoms with Crippen LogP contribution in [0.4, 0.5) is 23.7 Å². The lowest BCUT2D eigenvalue weighted by Gasteiger charge is -2.13. The van der Waals surface area contributed by atoms with Gasteiger partial charge in [0.15, 0.2) is 11.7 Å². The molecule has 3 N–H and O–H groups in total. The standard InChI is InChI=1S/C16H10ClF3N4O2/c17-12-5-9(16(18,19)20)7-23-13(12)11(6-21)14(25)8-2-1-3-10(4-8)24-15(22)26/h1-5,7,11H,(H3,22,24,26). The van der Waals surface area contributed by atoms with Crippen molar-refractivity contribution in [1.82, 2.24) is 4.98 Å². The number of ketones is 1. The maximum Gasteiger partial charge on any atom is 0.417 e. The normalized spacial score (nSPS) is 12.1. The molecule has 0 spiro atoms. The van der Waals surface area contributed by atoms with E-state index in [0.29, 0.717) is 12.3 Å². The fourth-order valence-corrected chi connectivity index (χ4v) is 2.39. The number of nitriles is 1. The number of carbonyl (C=O) groups excluding carboxylic acids is 2. The van der Waals surface area contributed by atoms with Crippen molar-refractivity contribution in [3.63, 3.8) is 0 Å². The molecule has 1 aromatic heterocycles. The molecular weight excluding hydrogens is 373 g/mol. The third kappa shape index (κ3) is 4.29. The molecule has 0 fully saturated rings. The Hall–Kier alpha value is -3.12. The average Bonchev–Trinajstić information content (AvgIpc) is 2.55. The van der Waals surface area contributed by atoms with Crippen LogP contribution in [0.15, 0.2) is 36.5 Å². The van der Waals surface area contributed by atoms with Crippen molar-refractivity contribution >= 4 is 29.1 Å². The molecule has 0 radical (unpaired) electrons. The zero-order chi connectivity index (χ0) is 19.5. The Balaban J connectivity index is 2.39. The summed E-state index contributed by atoms with van der Waals surface area (Å²) in [5, 5.41) is 11.1. The van der Waals surface area contributed by atoms with Gasteiger partial charge in [-0.1, -0.05) is 23.7 Å². The van der Waals surface area contributed by atoms with Crippen molar-refractivity contribution < 1.29 is 22.8 Å². The second-order valence-electron chi connectivity index (χ2n) is 5.09. The van der Waals surface area contributed by atoms with Crippen LogP contribution in [0, 0.1) is 11.3 Å². The number of benzene rings is 1. The number of hydrogen-bond acceptors (Lipinski definition) is 4. The minimum absolute atomic E-state index is 0.0283. The fourth-order valence-electron chi connectivity index (χ4n) is 2.12. The zero-order valence-electron chi connectivity index (χ0n) is 12.8. The highest BCUT2D eigenvalue weighted by molar-refractivity contribution is 6.31. The third-order valence-electron chi connectivity index (χ3n) is 3.28. The van der Waals surface area contributed by atoms with Gasteiger partial charge in [0.25, 0.3) is 0 Å². The molecule has 1 aromatic carbocycles. The number of hydrogen-bond donors (Lipinski definition) is 2. The summed E-state index contributed by atoms with van der Waals surface area (Å²) in [5.41, 5.74) is 3.85. The highest BCUT2D eigenvalue weighted by Crippen LogP contribution is 2.33. The number of anilines is 1. The Morgan fingerprint density at radius 2 is 2.00 bits per heavy atom. The van der Waals surface area contributed by atoms with Gasteiger partial charge in [0.05, 0.1) is 22.3 Å². The molecule has 26 heavy (non-hydrogen) atoms. The lowest BCUT2D eigenvalue weighted by atomic mass is 9.94. The fraction of sp³-hybridized carbons (Fsp3) is 0.125. The second-order valence-corrected chi connectivity index (χ2v) is 5.49. The quantitative estimate of drug-likeness (QED) is 0.785. The molecule has 2 amide bonds. The molecule has 0 saturated heterocycles. The summed E-state index contributed by atoms with van der Waals surface area (Å²) in [6, 6.07) is 6.99. The van der Waals surface area contributed by atoms with E-state index in [1.165, 1.54) is 24.3 Å². The average molecular weight is 383 g/mol. The predicted molar refractivity (Wildman–Crippen MR) is 86.6 cm³/mol. The molecule has 2 rings (SSSR count). The van der Waals surface area contributed by atoms with Crippen LogP contribution >= 0.6 is 11.6 Å². The molecule has 0 bridgehead atoms. The largest absolute Gasteiger partial charge is 0.417 e. The van der Waals surface area contributed by atoms with E-state index in [2.05, 4.69) is 10.3 Å². The monoisotopic (exact) mass is 382 g/mol. The van der Waals surface area contributed by atoms with E-state index in [-0.39, 0.29) is 16.9 Å². The highest BCUT2D eigenvalue weighted by atomic mass is 35.5. The van der Waals surface area contributed by atoms with Crippen LogP contribution in [0.3, 0.4) is 0 Å². The summed E-state index contributed by atoms with van der Waals surface area (Å²) in [6.07, 6.45) is -4.15. The summed E-state index contributed by atoms with van der Waals surface area (Å²) in [6.45, 7) is 0. The van der Waals surface area contributed by atoms with Crippen molar-refractivity contribution in [3.8, 4) is 6.07 Å². The number of nitrogens with one attached hydrogen (secondary N) is 1. The Labute approximate surface area is 150 Å². The van der Waals surface area contributed by atoms with Crippen LogP contribution in [0.5, 0.6) is 0 Å². The van der Waals surface area contributed by atoms with Gasteiger partial charge < -0.3 is 11.1 Å². The molecule has 1 atom stereocenters. The highest BCUT2D eigenvalue weighted by Gasteiger charge is 2.33. The molecular formula is C16H10ClF3N4O2. The van der Waals surface area contributed by atoms with Crippen molar-refractivity contribution in [2.24, 2.45) is 5.73 Å². The van der Waals surface area contributed by atoms with Gasteiger partial charge in [0.2, 0.25) is 0 Å². The van der Waals surface area contributed by atoms with Gasteiger partial charge in [-0.25, -0.2) is 4.79 Å². The van der Waals surface area contributed by atoms with Gasteiger partial charge in [-0.05, 0) is 18.2 Å². The number of rotatable bonds is 4. The Morgan fingerprint density at radius 1 is 1.31 bits per heavy atom. The van der Waals surface area contributed by atoms with Crippen LogP contribution in [-0.2, 0) is 6.18 Å². The number of Topliss-reactive ketones (excluding diaryl/α,β-unsaturated/α-hetero) is 1. The maximum atomic E-state index is 12.7. The molecule has 1 heterocycles. The number of alkyl halides is 3. The van der Waals surface area contributed by atoms with E-state index in [9.17, 15) is 28.0 Å². The van der Waals surface area contributed by atoms with Crippen molar-refractivity contribution in [2.75, 3.05) is 5.32 Å². The first-order valence-electron chi connectivity index (χ1n) is 6.96. The molecule has 0 aliphatic carbocycles. The number of halogens is 4. The van der Waals surface area contributed by atoms with Gasteiger partial charge in [0.1, 0.15) is 0 Å². The molecule has 6 nitrogen and oxygen atoms in total. The number of amides is 2. The first-order chi connectivity index (χ1) is 12.1. The van der Waals surface area contributed by atoms with Crippen molar-refractivity contribution in [1.29, 1.82) is 5.26 Å². The molecule has 134 valence electrons. The smallest absolute Gasteiger partial charge is 0.351 e. The van der Waals surface area contributed by atoms with E-state index in [1.54, 1.807) is 6.07 Å². The molecule has 10 heteroatoms. The van der Waals surface area contributed by atoms with E-state index < -0.39 is 34.5 Å². The Kier molecular flexibility index (Phi) is 5.47. The first-order valence-corrected chi connectivity index (χ1v) is 7.34. The van der Waals surface area contributed by atoms with Crippen LogP contribution in [0.1, 0.15) is 27.5 Å². The summed E-state index contributed by atoms with van der Waals surface area (Å²) in [7, 11) is 0. The predicted octanol–water partition coefficient (Wildman–Crippen LogP) is 3.73. The first kappa shape index (κ1) is 19.2. The summed E-state index contributed by atoms with van der Waals surface area (Å²) in [4.78, 5) is 27.0. The van der Waals surface area contributed by atoms with Crippen molar-refractivity contribution in [3.05, 3.63) is 58.4 Å². The van der Waals surface area contributed by atoms with Gasteiger partial charge in [-0.15, -0.1) is 0 Å². The van der Waals surface area contributed by atoms with E-state index in [1.807, 2.05) is 0 Å². The number of aromatic nitrogens is 1. The van der Waals surface area contributed by atoms with Gasteiger partial charge in [0, 0.05) is 17.4 Å². The van der Waals surface area contributed by atoms with E-state index in [0.717, 1.165) is 0 Å². The Morgan fingerprint density at radius 3 is 2.54 bits per heavy atom. The molecule has 0 aliphatic rings. The number of nitrogens with zero attached hydrogens (tertiary/aromatic N) is 2. The van der Waals surface area contributed by atoms with Gasteiger partial charge in [-0.2, -0.15) is 18.4 Å². The van der Waals surface area contributed by atoms with Crippen molar-refractivity contribution in [2.45, 2.75) is 12.1 Å². The lowest BCUT2D eigenvalue weighted by molar-refractivity contribution is -0.137. The maximum absolute atomic E-state index is 12.7. The zero-order valence-corrected chi connectivity index (χ0v) is 13.6. The minimum Gasteiger partial charge on any atom is -0.351 e. The van der Waals surface area contributed by atoms with E-state index >= 15 is 0 Å². The second kappa shape index (κ2) is 7.41. The number of urea groups is 1. The van der Waals surface area contributed by atoms with Gasteiger partial charge in [-0.3, -0.25) is 9.78 Å². The lowest BCUT2D eigenvalue weighted by Crippen LogP contribution is -2.20. The molecule has 2 aromatic rings. The van der Waals surface area contributed by atoms with Gasteiger partial charge >= 0.3 is 12.2 Å². The number of nitrogens with two attached hydrogens (primary N) is 1. The summed E-state index contributed by atoms with van der Waals surface area (Å²) in [5.74, 6) is -2.26. The van der Waals surface area contributed by atoms with Crippen LogP contribution in [0.25, 0.3) is 0 Å². The number of pyridine rings is 1. The number of carbonyl (C=O) groups is 2. The Bertz CT molecular complexity index is 909. The third-order valence-corrected chi connectivity index (χ3v) is 3.58. The summed E-state index contributed by atoms with van der Waals surface area (Å²) >= 11 is 5.80.